The van der Waals surface area contributed by atoms with E-state index in [1.54, 1.807) is 18.2 Å². The fourth-order valence-electron chi connectivity index (χ4n) is 3.84. The summed E-state index contributed by atoms with van der Waals surface area (Å²) in [5.74, 6) is 1.83. The van der Waals surface area contributed by atoms with E-state index in [4.69, 9.17) is 14.0 Å². The molecular formula is C20H26N2O4. The van der Waals surface area contributed by atoms with Gasteiger partial charge in [-0.25, -0.2) is 0 Å². The number of benzene rings is 1. The number of anilines is 1. The Morgan fingerprint density at radius 2 is 1.85 bits per heavy atom. The molecule has 1 aliphatic rings. The maximum atomic E-state index is 12.8. The van der Waals surface area contributed by atoms with Crippen molar-refractivity contribution in [3.05, 3.63) is 35.6 Å². The van der Waals surface area contributed by atoms with Crippen LogP contribution in [0.4, 0.5) is 5.82 Å². The van der Waals surface area contributed by atoms with Crippen LogP contribution in [0, 0.1) is 0 Å². The van der Waals surface area contributed by atoms with Crippen LogP contribution in [0.15, 0.2) is 28.8 Å². The smallest absolute Gasteiger partial charge is 0.264 e. The Hall–Kier alpha value is -2.50. The van der Waals surface area contributed by atoms with Gasteiger partial charge in [0.25, 0.3) is 5.91 Å². The van der Waals surface area contributed by atoms with E-state index in [-0.39, 0.29) is 11.3 Å². The number of nitrogens with one attached hydrogen (secondary N) is 1. The van der Waals surface area contributed by atoms with E-state index in [0.29, 0.717) is 22.9 Å². The van der Waals surface area contributed by atoms with E-state index in [2.05, 4.69) is 17.4 Å². The molecule has 0 radical (unpaired) electrons. The topological polar surface area (TPSA) is 73.6 Å². The van der Waals surface area contributed by atoms with Crippen LogP contribution in [0.3, 0.4) is 0 Å². The summed E-state index contributed by atoms with van der Waals surface area (Å²) in [5.41, 5.74) is 0.376. The summed E-state index contributed by atoms with van der Waals surface area (Å²) in [6, 6.07) is 7.07. The first-order valence-electron chi connectivity index (χ1n) is 9.13. The zero-order chi connectivity index (χ0) is 18.6. The van der Waals surface area contributed by atoms with Gasteiger partial charge in [0, 0.05) is 11.5 Å². The molecule has 1 fully saturated rings. The SMILES string of the molecule is CCC1(c2cc(NC(=O)c3c(OC)cccc3OC)no2)CCCCC1. The highest BCUT2D eigenvalue weighted by Crippen LogP contribution is 2.42. The van der Waals surface area contributed by atoms with Crippen LogP contribution >= 0.6 is 0 Å². The molecule has 1 N–H and O–H groups in total. The molecule has 0 atom stereocenters. The highest BCUT2D eigenvalue weighted by atomic mass is 16.5. The molecule has 1 amide bonds. The minimum atomic E-state index is -0.339. The quantitative estimate of drug-likeness (QED) is 0.819. The number of ether oxygens (including phenoxy) is 2. The van der Waals surface area contributed by atoms with Gasteiger partial charge in [-0.2, -0.15) is 0 Å². The van der Waals surface area contributed by atoms with Crippen molar-refractivity contribution >= 4 is 11.7 Å². The number of hydrogen-bond acceptors (Lipinski definition) is 5. The Bertz CT molecular complexity index is 741. The number of rotatable bonds is 6. The first-order chi connectivity index (χ1) is 12.6. The number of carbonyl (C=O) groups excluding carboxylic acids is 1. The van der Waals surface area contributed by atoms with Gasteiger partial charge in [-0.3, -0.25) is 4.79 Å². The van der Waals surface area contributed by atoms with Gasteiger partial charge in [-0.1, -0.05) is 37.4 Å². The third-order valence-corrected chi connectivity index (χ3v) is 5.42. The molecule has 0 bridgehead atoms. The molecule has 0 aliphatic heterocycles. The molecule has 140 valence electrons. The summed E-state index contributed by atoms with van der Waals surface area (Å²) < 4.78 is 16.2. The van der Waals surface area contributed by atoms with Crippen LogP contribution in [0.2, 0.25) is 0 Å². The van der Waals surface area contributed by atoms with E-state index in [0.717, 1.165) is 25.0 Å². The number of methoxy groups -OCH3 is 2. The summed E-state index contributed by atoms with van der Waals surface area (Å²) in [4.78, 5) is 12.8. The average Bonchev–Trinajstić information content (AvgIpc) is 3.16. The summed E-state index contributed by atoms with van der Waals surface area (Å²) in [6.07, 6.45) is 6.89. The second kappa shape index (κ2) is 7.81. The van der Waals surface area contributed by atoms with Gasteiger partial charge in [0.05, 0.1) is 14.2 Å². The minimum Gasteiger partial charge on any atom is -0.496 e. The molecule has 3 rings (SSSR count). The molecule has 1 heterocycles. The van der Waals surface area contributed by atoms with Gasteiger partial charge < -0.3 is 19.3 Å². The maximum Gasteiger partial charge on any atom is 0.264 e. The Labute approximate surface area is 153 Å². The van der Waals surface area contributed by atoms with Gasteiger partial charge in [-0.05, 0) is 31.4 Å². The third-order valence-electron chi connectivity index (χ3n) is 5.42. The zero-order valence-electron chi connectivity index (χ0n) is 15.6. The standard InChI is InChI=1S/C20H26N2O4/c1-4-20(11-6-5-7-12-20)16-13-17(22-26-16)21-19(23)18-14(24-2)9-8-10-15(18)25-3/h8-10,13H,4-7,11-12H2,1-3H3,(H,21,22,23). The summed E-state index contributed by atoms with van der Waals surface area (Å²) in [6.45, 7) is 2.19. The van der Waals surface area contributed by atoms with Crippen molar-refractivity contribution < 1.29 is 18.8 Å². The second-order valence-corrected chi connectivity index (χ2v) is 6.76. The molecule has 0 saturated heterocycles. The van der Waals surface area contributed by atoms with Gasteiger partial charge in [0.15, 0.2) is 5.82 Å². The fourth-order valence-corrected chi connectivity index (χ4v) is 3.84. The molecule has 1 aromatic heterocycles. The summed E-state index contributed by atoms with van der Waals surface area (Å²) >= 11 is 0. The maximum absolute atomic E-state index is 12.8. The third kappa shape index (κ3) is 3.41. The lowest BCUT2D eigenvalue weighted by Crippen LogP contribution is -2.27. The average molecular weight is 358 g/mol. The van der Waals surface area contributed by atoms with Crippen molar-refractivity contribution in [1.29, 1.82) is 0 Å². The molecule has 1 aromatic carbocycles. The predicted octanol–water partition coefficient (Wildman–Crippen LogP) is 4.56. The highest BCUT2D eigenvalue weighted by molar-refractivity contribution is 6.07. The van der Waals surface area contributed by atoms with Crippen LogP contribution < -0.4 is 14.8 Å². The molecular weight excluding hydrogens is 332 g/mol. The molecule has 2 aromatic rings. The van der Waals surface area contributed by atoms with Crippen molar-refractivity contribution in [1.82, 2.24) is 5.16 Å². The first-order valence-corrected chi connectivity index (χ1v) is 9.13. The van der Waals surface area contributed by atoms with E-state index in [1.165, 1.54) is 33.5 Å². The Morgan fingerprint density at radius 1 is 1.19 bits per heavy atom. The lowest BCUT2D eigenvalue weighted by molar-refractivity contribution is 0.102. The lowest BCUT2D eigenvalue weighted by atomic mass is 9.70. The minimum absolute atomic E-state index is 0.0381. The van der Waals surface area contributed by atoms with Crippen LogP contribution in [0.1, 0.15) is 61.6 Å². The van der Waals surface area contributed by atoms with Crippen molar-refractivity contribution in [2.24, 2.45) is 0 Å². The normalized spacial score (nSPS) is 16.1. The molecule has 0 spiro atoms. The fraction of sp³-hybridized carbons (Fsp3) is 0.500. The first kappa shape index (κ1) is 18.3. The Kier molecular flexibility index (Phi) is 5.49. The van der Waals surface area contributed by atoms with Crippen molar-refractivity contribution in [2.75, 3.05) is 19.5 Å². The summed E-state index contributed by atoms with van der Waals surface area (Å²) in [7, 11) is 3.04. The monoisotopic (exact) mass is 358 g/mol. The van der Waals surface area contributed by atoms with Crippen LogP contribution in [0.25, 0.3) is 0 Å². The van der Waals surface area contributed by atoms with Crippen LogP contribution in [0.5, 0.6) is 11.5 Å². The van der Waals surface area contributed by atoms with Gasteiger partial charge in [-0.15, -0.1) is 0 Å². The molecule has 0 unspecified atom stereocenters. The molecule has 1 saturated carbocycles. The number of nitrogens with zero attached hydrogens (tertiary/aromatic N) is 1. The van der Waals surface area contributed by atoms with Gasteiger partial charge in [0.2, 0.25) is 0 Å². The molecule has 6 heteroatoms. The largest absolute Gasteiger partial charge is 0.496 e. The molecule has 26 heavy (non-hydrogen) atoms. The molecule has 6 nitrogen and oxygen atoms in total. The highest BCUT2D eigenvalue weighted by Gasteiger charge is 2.36. The van der Waals surface area contributed by atoms with Crippen LogP contribution in [-0.2, 0) is 5.41 Å². The van der Waals surface area contributed by atoms with E-state index < -0.39 is 0 Å². The summed E-state index contributed by atoms with van der Waals surface area (Å²) in [5, 5.41) is 6.88. The number of aromatic nitrogens is 1. The van der Waals surface area contributed by atoms with E-state index >= 15 is 0 Å². The van der Waals surface area contributed by atoms with Crippen LogP contribution in [-0.4, -0.2) is 25.3 Å². The number of amides is 1. The van der Waals surface area contributed by atoms with E-state index in [1.807, 2.05) is 6.07 Å². The number of hydrogen-bond donors (Lipinski definition) is 1. The Morgan fingerprint density at radius 3 is 2.42 bits per heavy atom. The van der Waals surface area contributed by atoms with Gasteiger partial charge >= 0.3 is 0 Å². The predicted molar refractivity (Wildman–Crippen MR) is 99.1 cm³/mol. The zero-order valence-corrected chi connectivity index (χ0v) is 15.6. The number of carbonyl (C=O) groups is 1. The molecule has 1 aliphatic carbocycles. The second-order valence-electron chi connectivity index (χ2n) is 6.76. The van der Waals surface area contributed by atoms with Crippen molar-refractivity contribution in [3.63, 3.8) is 0 Å². The van der Waals surface area contributed by atoms with Crippen molar-refractivity contribution in [2.45, 2.75) is 50.9 Å². The van der Waals surface area contributed by atoms with Crippen molar-refractivity contribution in [3.8, 4) is 11.5 Å². The van der Waals surface area contributed by atoms with Gasteiger partial charge in [0.1, 0.15) is 22.8 Å². The van der Waals surface area contributed by atoms with E-state index in [9.17, 15) is 4.79 Å². The Balaban J connectivity index is 1.83. The lowest BCUT2D eigenvalue weighted by Gasteiger charge is -2.33.